The molecular formula is C33H62O5. The Bertz CT molecular complexity index is 546. The third-order valence-electron chi connectivity index (χ3n) is 7.06. The van der Waals surface area contributed by atoms with Crippen molar-refractivity contribution in [1.29, 1.82) is 0 Å². The van der Waals surface area contributed by atoms with Crippen molar-refractivity contribution in [2.75, 3.05) is 13.2 Å². The lowest BCUT2D eigenvalue weighted by Crippen LogP contribution is -2.28. The van der Waals surface area contributed by atoms with E-state index in [2.05, 4.69) is 26.0 Å². The number of unbranched alkanes of at least 4 members (excludes halogenated alkanes) is 19. The van der Waals surface area contributed by atoms with Crippen LogP contribution >= 0.6 is 0 Å². The minimum Gasteiger partial charge on any atom is -0.462 e. The minimum atomic E-state index is -0.765. The average Bonchev–Trinajstić information content (AvgIpc) is 2.92. The summed E-state index contributed by atoms with van der Waals surface area (Å²) in [5.74, 6) is -0.599. The van der Waals surface area contributed by atoms with Gasteiger partial charge in [0.1, 0.15) is 6.61 Å². The van der Waals surface area contributed by atoms with Crippen LogP contribution in [0.2, 0.25) is 0 Å². The van der Waals surface area contributed by atoms with Crippen molar-refractivity contribution in [3.63, 3.8) is 0 Å². The number of hydrogen-bond donors (Lipinski definition) is 1. The molecule has 0 aromatic rings. The van der Waals surface area contributed by atoms with Crippen LogP contribution in [-0.4, -0.2) is 36.4 Å². The lowest BCUT2D eigenvalue weighted by Gasteiger charge is -2.15. The summed E-state index contributed by atoms with van der Waals surface area (Å²) >= 11 is 0. The Kier molecular flexibility index (Phi) is 29.1. The summed E-state index contributed by atoms with van der Waals surface area (Å²) in [6.07, 6.45) is 31.1. The first kappa shape index (κ1) is 36.6. The summed E-state index contributed by atoms with van der Waals surface area (Å²) < 4.78 is 10.5. The standard InChI is InChI=1S/C33H62O5/c1-3-5-7-9-11-13-15-16-18-19-21-23-25-27-32(35)37-30-31(29-34)38-33(36)28-26-24-22-20-17-14-12-10-8-6-4-2/h13,15,31,34H,3-12,14,16-30H2,1-2H3. The summed E-state index contributed by atoms with van der Waals surface area (Å²) in [6, 6.07) is 0. The average molecular weight is 539 g/mol. The zero-order chi connectivity index (χ0) is 27.9. The molecule has 0 saturated carbocycles. The van der Waals surface area contributed by atoms with Gasteiger partial charge in [-0.1, -0.05) is 129 Å². The van der Waals surface area contributed by atoms with E-state index in [0.29, 0.717) is 12.8 Å². The monoisotopic (exact) mass is 538 g/mol. The second kappa shape index (κ2) is 30.2. The molecule has 224 valence electrons. The van der Waals surface area contributed by atoms with Crippen LogP contribution in [0.25, 0.3) is 0 Å². The number of carbonyl (C=O) groups excluding carboxylic acids is 2. The molecule has 5 heteroatoms. The molecule has 1 unspecified atom stereocenters. The molecule has 0 aliphatic heterocycles. The van der Waals surface area contributed by atoms with Crippen LogP contribution in [0.15, 0.2) is 12.2 Å². The second-order valence-electron chi connectivity index (χ2n) is 10.9. The molecule has 0 aliphatic rings. The maximum absolute atomic E-state index is 12.0. The first-order valence-electron chi connectivity index (χ1n) is 16.2. The number of hydrogen-bond acceptors (Lipinski definition) is 5. The Morgan fingerprint density at radius 3 is 1.45 bits per heavy atom. The highest BCUT2D eigenvalue weighted by Crippen LogP contribution is 2.13. The summed E-state index contributed by atoms with van der Waals surface area (Å²) in [7, 11) is 0. The highest BCUT2D eigenvalue weighted by atomic mass is 16.6. The van der Waals surface area contributed by atoms with Crippen LogP contribution in [0, 0.1) is 0 Å². The molecule has 0 aromatic heterocycles. The van der Waals surface area contributed by atoms with E-state index in [1.807, 2.05) is 0 Å². The SMILES string of the molecule is CCCCCCC=CCCCCCCCC(=O)OCC(CO)OC(=O)CCCCCCCCCCCCC. The van der Waals surface area contributed by atoms with E-state index in [0.717, 1.165) is 44.9 Å². The molecule has 0 spiro atoms. The molecule has 0 heterocycles. The molecule has 0 aromatic carbocycles. The highest BCUT2D eigenvalue weighted by molar-refractivity contribution is 5.70. The van der Waals surface area contributed by atoms with Gasteiger partial charge in [0.25, 0.3) is 0 Å². The highest BCUT2D eigenvalue weighted by Gasteiger charge is 2.16. The lowest BCUT2D eigenvalue weighted by atomic mass is 10.1. The molecule has 38 heavy (non-hydrogen) atoms. The molecular weight excluding hydrogens is 476 g/mol. The Hall–Kier alpha value is -1.36. The molecule has 0 bridgehead atoms. The van der Waals surface area contributed by atoms with E-state index in [-0.39, 0.29) is 25.2 Å². The van der Waals surface area contributed by atoms with E-state index < -0.39 is 6.10 Å². The van der Waals surface area contributed by atoms with Gasteiger partial charge in [0.05, 0.1) is 6.61 Å². The number of esters is 2. The van der Waals surface area contributed by atoms with Crippen molar-refractivity contribution in [2.45, 2.75) is 174 Å². The maximum Gasteiger partial charge on any atom is 0.306 e. The number of carbonyl (C=O) groups is 2. The lowest BCUT2D eigenvalue weighted by molar-refractivity contribution is -0.161. The predicted molar refractivity (Wildman–Crippen MR) is 159 cm³/mol. The number of ether oxygens (including phenoxy) is 2. The van der Waals surface area contributed by atoms with Gasteiger partial charge >= 0.3 is 11.9 Å². The Morgan fingerprint density at radius 2 is 0.974 bits per heavy atom. The van der Waals surface area contributed by atoms with Gasteiger partial charge < -0.3 is 14.6 Å². The molecule has 0 rings (SSSR count). The number of aliphatic hydroxyl groups is 1. The fraction of sp³-hybridized carbons (Fsp3) is 0.879. The fourth-order valence-corrected chi connectivity index (χ4v) is 4.55. The van der Waals surface area contributed by atoms with Crippen molar-refractivity contribution >= 4 is 11.9 Å². The third kappa shape index (κ3) is 27.7. The van der Waals surface area contributed by atoms with E-state index in [4.69, 9.17) is 9.47 Å². The molecule has 0 amide bonds. The van der Waals surface area contributed by atoms with Gasteiger partial charge in [-0.2, -0.15) is 0 Å². The Balaban J connectivity index is 3.59. The summed E-state index contributed by atoms with van der Waals surface area (Å²) in [5.41, 5.74) is 0. The Labute approximate surface area is 235 Å². The zero-order valence-electron chi connectivity index (χ0n) is 25.2. The van der Waals surface area contributed by atoms with Crippen LogP contribution in [0.1, 0.15) is 168 Å². The fourth-order valence-electron chi connectivity index (χ4n) is 4.55. The van der Waals surface area contributed by atoms with Gasteiger partial charge in [0.15, 0.2) is 6.10 Å². The molecule has 0 radical (unpaired) electrons. The Morgan fingerprint density at radius 1 is 0.579 bits per heavy atom. The number of aliphatic hydroxyl groups excluding tert-OH is 1. The molecule has 1 N–H and O–H groups in total. The predicted octanol–water partition coefficient (Wildman–Crippen LogP) is 9.39. The van der Waals surface area contributed by atoms with Crippen molar-refractivity contribution in [2.24, 2.45) is 0 Å². The molecule has 0 fully saturated rings. The van der Waals surface area contributed by atoms with Crippen LogP contribution in [-0.2, 0) is 19.1 Å². The van der Waals surface area contributed by atoms with Crippen LogP contribution < -0.4 is 0 Å². The van der Waals surface area contributed by atoms with Crippen molar-refractivity contribution < 1.29 is 24.2 Å². The largest absolute Gasteiger partial charge is 0.462 e. The summed E-state index contributed by atoms with van der Waals surface area (Å²) in [6.45, 7) is 4.09. The number of rotatable bonds is 29. The quantitative estimate of drug-likeness (QED) is 0.0583. The van der Waals surface area contributed by atoms with E-state index in [9.17, 15) is 14.7 Å². The molecule has 0 saturated heterocycles. The van der Waals surface area contributed by atoms with Gasteiger partial charge in [0.2, 0.25) is 0 Å². The van der Waals surface area contributed by atoms with Gasteiger partial charge in [-0.15, -0.1) is 0 Å². The van der Waals surface area contributed by atoms with Gasteiger partial charge in [-0.05, 0) is 38.5 Å². The summed E-state index contributed by atoms with van der Waals surface area (Å²) in [5, 5.41) is 9.47. The van der Waals surface area contributed by atoms with E-state index in [1.165, 1.54) is 96.3 Å². The van der Waals surface area contributed by atoms with Crippen LogP contribution in [0.5, 0.6) is 0 Å². The third-order valence-corrected chi connectivity index (χ3v) is 7.06. The zero-order valence-corrected chi connectivity index (χ0v) is 25.2. The van der Waals surface area contributed by atoms with Gasteiger partial charge in [-0.25, -0.2) is 0 Å². The van der Waals surface area contributed by atoms with E-state index >= 15 is 0 Å². The second-order valence-corrected chi connectivity index (χ2v) is 10.9. The van der Waals surface area contributed by atoms with Crippen LogP contribution in [0.3, 0.4) is 0 Å². The van der Waals surface area contributed by atoms with Gasteiger partial charge in [-0.3, -0.25) is 9.59 Å². The maximum atomic E-state index is 12.0. The first-order chi connectivity index (χ1) is 18.6. The molecule has 1 atom stereocenters. The first-order valence-corrected chi connectivity index (χ1v) is 16.2. The molecule has 5 nitrogen and oxygen atoms in total. The minimum absolute atomic E-state index is 0.0654. The van der Waals surface area contributed by atoms with Crippen molar-refractivity contribution in [3.8, 4) is 0 Å². The van der Waals surface area contributed by atoms with Crippen LogP contribution in [0.4, 0.5) is 0 Å². The van der Waals surface area contributed by atoms with Crippen molar-refractivity contribution in [3.05, 3.63) is 12.2 Å². The van der Waals surface area contributed by atoms with Gasteiger partial charge in [0, 0.05) is 12.8 Å². The van der Waals surface area contributed by atoms with E-state index in [1.54, 1.807) is 0 Å². The molecule has 0 aliphatic carbocycles. The normalized spacial score (nSPS) is 12.2. The summed E-state index contributed by atoms with van der Waals surface area (Å²) in [4.78, 5) is 24.0. The van der Waals surface area contributed by atoms with Crippen molar-refractivity contribution in [1.82, 2.24) is 0 Å². The number of allylic oxidation sites excluding steroid dienone is 2. The topological polar surface area (TPSA) is 72.8 Å². The smallest absolute Gasteiger partial charge is 0.306 e.